The second-order valence-corrected chi connectivity index (χ2v) is 4.33. The van der Waals surface area contributed by atoms with Crippen LogP contribution >= 0.6 is 11.8 Å². The maximum absolute atomic E-state index is 11.1. The molecular weight excluding hydrogens is 214 g/mol. The van der Waals surface area contributed by atoms with Crippen LogP contribution in [-0.2, 0) is 4.79 Å². The van der Waals surface area contributed by atoms with Crippen LogP contribution in [0.15, 0.2) is 0 Å². The molecule has 5 heteroatoms. The molecule has 0 aliphatic rings. The third-order valence-corrected chi connectivity index (χ3v) is 2.66. The Labute approximate surface area is 94.8 Å². The van der Waals surface area contributed by atoms with E-state index in [0.717, 1.165) is 24.6 Å². The Morgan fingerprint density at radius 2 is 2.00 bits per heavy atom. The standard InChI is InChI=1S/C10H19NO3S/c1-2-3-4-5-7-11-10(14)15-8-6-9(12)13/h2-8H2,1H3,(H,11,14)(H,12,13). The van der Waals surface area contributed by atoms with Crippen LogP contribution in [-0.4, -0.2) is 28.6 Å². The van der Waals surface area contributed by atoms with E-state index in [1.54, 1.807) is 0 Å². The van der Waals surface area contributed by atoms with Gasteiger partial charge in [-0.1, -0.05) is 37.9 Å². The van der Waals surface area contributed by atoms with Gasteiger partial charge in [0, 0.05) is 12.3 Å². The minimum atomic E-state index is -0.863. The van der Waals surface area contributed by atoms with Crippen molar-refractivity contribution < 1.29 is 14.7 Å². The van der Waals surface area contributed by atoms with Gasteiger partial charge in [0.25, 0.3) is 5.24 Å². The number of carbonyl (C=O) groups is 2. The van der Waals surface area contributed by atoms with Gasteiger partial charge in [0.15, 0.2) is 0 Å². The fraction of sp³-hybridized carbons (Fsp3) is 0.800. The molecule has 1 amide bonds. The van der Waals surface area contributed by atoms with E-state index in [0.29, 0.717) is 12.3 Å². The number of carboxylic acid groups (broad SMARTS) is 1. The predicted octanol–water partition coefficient (Wildman–Crippen LogP) is 2.48. The summed E-state index contributed by atoms with van der Waals surface area (Å²) in [5.74, 6) is -0.519. The van der Waals surface area contributed by atoms with Crippen LogP contribution in [0.3, 0.4) is 0 Å². The van der Waals surface area contributed by atoms with Crippen molar-refractivity contribution >= 4 is 23.0 Å². The molecule has 0 bridgehead atoms. The van der Waals surface area contributed by atoms with Crippen molar-refractivity contribution in [1.82, 2.24) is 5.32 Å². The first-order valence-corrected chi connectivity index (χ1v) is 6.27. The molecule has 0 saturated carbocycles. The van der Waals surface area contributed by atoms with Crippen LogP contribution in [0.25, 0.3) is 0 Å². The van der Waals surface area contributed by atoms with Crippen molar-refractivity contribution in [3.8, 4) is 0 Å². The summed E-state index contributed by atoms with van der Waals surface area (Å²) >= 11 is 1.04. The number of hydrogen-bond acceptors (Lipinski definition) is 3. The summed E-state index contributed by atoms with van der Waals surface area (Å²) in [5, 5.41) is 11.0. The molecule has 0 saturated heterocycles. The highest BCUT2D eigenvalue weighted by atomic mass is 32.2. The van der Waals surface area contributed by atoms with Crippen LogP contribution in [0.4, 0.5) is 4.79 Å². The van der Waals surface area contributed by atoms with E-state index in [1.165, 1.54) is 12.8 Å². The molecule has 15 heavy (non-hydrogen) atoms. The van der Waals surface area contributed by atoms with Crippen molar-refractivity contribution in [2.45, 2.75) is 39.0 Å². The number of aliphatic carboxylic acids is 1. The van der Waals surface area contributed by atoms with E-state index >= 15 is 0 Å². The molecule has 0 aromatic heterocycles. The van der Waals surface area contributed by atoms with Gasteiger partial charge in [-0.15, -0.1) is 0 Å². The van der Waals surface area contributed by atoms with Crippen LogP contribution in [0.1, 0.15) is 39.0 Å². The number of unbranched alkanes of at least 4 members (excludes halogenated alkanes) is 3. The first-order valence-electron chi connectivity index (χ1n) is 5.29. The normalized spacial score (nSPS) is 9.93. The summed E-state index contributed by atoms with van der Waals surface area (Å²) < 4.78 is 0. The van der Waals surface area contributed by atoms with Crippen molar-refractivity contribution in [3.05, 3.63) is 0 Å². The molecule has 0 rings (SSSR count). The second kappa shape index (κ2) is 9.83. The lowest BCUT2D eigenvalue weighted by Crippen LogP contribution is -2.20. The van der Waals surface area contributed by atoms with Gasteiger partial charge in [-0.2, -0.15) is 0 Å². The van der Waals surface area contributed by atoms with Gasteiger partial charge in [-0.05, 0) is 6.42 Å². The van der Waals surface area contributed by atoms with E-state index in [9.17, 15) is 9.59 Å². The first-order chi connectivity index (χ1) is 7.16. The molecule has 0 aromatic rings. The Morgan fingerprint density at radius 1 is 1.27 bits per heavy atom. The summed E-state index contributed by atoms with van der Waals surface area (Å²) in [6.45, 7) is 2.83. The van der Waals surface area contributed by atoms with Gasteiger partial charge >= 0.3 is 5.97 Å². The van der Waals surface area contributed by atoms with Crippen LogP contribution in [0.5, 0.6) is 0 Å². The van der Waals surface area contributed by atoms with Crippen molar-refractivity contribution in [2.24, 2.45) is 0 Å². The molecule has 4 nitrogen and oxygen atoms in total. The van der Waals surface area contributed by atoms with Crippen LogP contribution in [0, 0.1) is 0 Å². The van der Waals surface area contributed by atoms with E-state index in [4.69, 9.17) is 5.11 Å². The average molecular weight is 233 g/mol. The van der Waals surface area contributed by atoms with Gasteiger partial charge in [0.2, 0.25) is 0 Å². The predicted molar refractivity (Wildman–Crippen MR) is 62.3 cm³/mol. The first kappa shape index (κ1) is 14.3. The fourth-order valence-electron chi connectivity index (χ4n) is 1.02. The minimum absolute atomic E-state index is 0.0356. The smallest absolute Gasteiger partial charge is 0.304 e. The van der Waals surface area contributed by atoms with Gasteiger partial charge in [0.1, 0.15) is 0 Å². The highest BCUT2D eigenvalue weighted by Crippen LogP contribution is 2.04. The fourth-order valence-corrected chi connectivity index (χ4v) is 1.69. The molecular formula is C10H19NO3S. The number of thioether (sulfide) groups is 1. The number of amides is 1. The van der Waals surface area contributed by atoms with Gasteiger partial charge < -0.3 is 10.4 Å². The van der Waals surface area contributed by atoms with Crippen LogP contribution in [0.2, 0.25) is 0 Å². The molecule has 0 heterocycles. The van der Waals surface area contributed by atoms with E-state index in [2.05, 4.69) is 12.2 Å². The Bertz CT molecular complexity index is 197. The SMILES string of the molecule is CCCCCCNC(=O)SCCC(=O)O. The topological polar surface area (TPSA) is 66.4 Å². The van der Waals surface area contributed by atoms with Crippen molar-refractivity contribution in [2.75, 3.05) is 12.3 Å². The zero-order valence-electron chi connectivity index (χ0n) is 9.12. The molecule has 0 fully saturated rings. The summed E-state index contributed by atoms with van der Waals surface area (Å²) in [5.41, 5.74) is 0. The molecule has 0 atom stereocenters. The molecule has 2 N–H and O–H groups in total. The quantitative estimate of drug-likeness (QED) is 0.632. The Balaban J connectivity index is 3.22. The van der Waals surface area contributed by atoms with Gasteiger partial charge in [0.05, 0.1) is 6.42 Å². The van der Waals surface area contributed by atoms with Crippen molar-refractivity contribution in [1.29, 1.82) is 0 Å². The monoisotopic (exact) mass is 233 g/mol. The third kappa shape index (κ3) is 11.2. The van der Waals surface area contributed by atoms with Crippen molar-refractivity contribution in [3.63, 3.8) is 0 Å². The summed E-state index contributed by atoms with van der Waals surface area (Å²) in [4.78, 5) is 21.3. The lowest BCUT2D eigenvalue weighted by atomic mass is 10.2. The zero-order chi connectivity index (χ0) is 11.5. The summed E-state index contributed by atoms with van der Waals surface area (Å²) in [6, 6.07) is 0. The highest BCUT2D eigenvalue weighted by molar-refractivity contribution is 8.13. The van der Waals surface area contributed by atoms with Crippen LogP contribution < -0.4 is 5.32 Å². The molecule has 0 aliphatic heterocycles. The van der Waals surface area contributed by atoms with E-state index < -0.39 is 5.97 Å². The van der Waals surface area contributed by atoms with Gasteiger partial charge in [-0.25, -0.2) is 0 Å². The average Bonchev–Trinajstić information content (AvgIpc) is 2.17. The number of nitrogens with one attached hydrogen (secondary N) is 1. The summed E-state index contributed by atoms with van der Waals surface area (Å²) in [6.07, 6.45) is 4.55. The highest BCUT2D eigenvalue weighted by Gasteiger charge is 2.03. The summed E-state index contributed by atoms with van der Waals surface area (Å²) in [7, 11) is 0. The second-order valence-electron chi connectivity index (χ2n) is 3.27. The maximum Gasteiger partial charge on any atom is 0.304 e. The largest absolute Gasteiger partial charge is 0.481 e. The Morgan fingerprint density at radius 3 is 2.60 bits per heavy atom. The molecule has 0 aromatic carbocycles. The number of hydrogen-bond donors (Lipinski definition) is 2. The van der Waals surface area contributed by atoms with E-state index in [1.807, 2.05) is 0 Å². The Hall–Kier alpha value is -0.710. The third-order valence-electron chi connectivity index (χ3n) is 1.85. The zero-order valence-corrected chi connectivity index (χ0v) is 9.94. The molecule has 0 spiro atoms. The molecule has 0 radical (unpaired) electrons. The number of rotatable bonds is 8. The number of carboxylic acids is 1. The van der Waals surface area contributed by atoms with Gasteiger partial charge in [-0.3, -0.25) is 9.59 Å². The Kier molecular flexibility index (Phi) is 9.36. The number of carbonyl (C=O) groups excluding carboxylic acids is 1. The molecule has 88 valence electrons. The lowest BCUT2D eigenvalue weighted by molar-refractivity contribution is -0.136. The molecule has 0 aliphatic carbocycles. The molecule has 0 unspecified atom stereocenters. The lowest BCUT2D eigenvalue weighted by Gasteiger charge is -2.03. The van der Waals surface area contributed by atoms with E-state index in [-0.39, 0.29) is 11.7 Å². The maximum atomic E-state index is 11.1. The minimum Gasteiger partial charge on any atom is -0.481 e.